The largest absolute Gasteiger partial charge is 0.342 e. The molecule has 0 N–H and O–H groups in total. The molecule has 0 aliphatic carbocycles. The Morgan fingerprint density at radius 2 is 1.81 bits per heavy atom. The summed E-state index contributed by atoms with van der Waals surface area (Å²) in [6, 6.07) is 3.39. The number of nitrogens with zero attached hydrogens (tertiary/aromatic N) is 2. The lowest BCUT2D eigenvalue weighted by atomic mass is 9.97. The first kappa shape index (κ1) is 15.0. The second-order valence-electron chi connectivity index (χ2n) is 5.64. The normalized spacial score (nSPS) is 21.8. The van der Waals surface area contributed by atoms with Gasteiger partial charge in [-0.2, -0.15) is 4.31 Å². The zero-order valence-electron chi connectivity index (χ0n) is 11.9. The Hall–Kier alpha value is -0.920. The van der Waals surface area contributed by atoms with Crippen molar-refractivity contribution >= 4 is 27.3 Å². The molecule has 0 spiro atoms. The van der Waals surface area contributed by atoms with E-state index in [1.54, 1.807) is 17.5 Å². The third kappa shape index (κ3) is 3.00. The number of rotatable bonds is 3. The number of amides is 1. The van der Waals surface area contributed by atoms with Crippen molar-refractivity contribution in [1.82, 2.24) is 9.21 Å². The van der Waals surface area contributed by atoms with Crippen molar-refractivity contribution in [1.29, 1.82) is 0 Å². The fraction of sp³-hybridized carbons (Fsp3) is 0.643. The van der Waals surface area contributed by atoms with Crippen LogP contribution in [0.15, 0.2) is 21.7 Å². The van der Waals surface area contributed by atoms with Crippen LogP contribution in [0.4, 0.5) is 0 Å². The van der Waals surface area contributed by atoms with E-state index in [-0.39, 0.29) is 11.8 Å². The second kappa shape index (κ2) is 6.06. The summed E-state index contributed by atoms with van der Waals surface area (Å²) in [6.45, 7) is 2.63. The number of carbonyl (C=O) groups excluding carboxylic acids is 1. The third-order valence-electron chi connectivity index (χ3n) is 4.31. The SMILES string of the molecule is O=C(C1CCN(S(=O)(=O)c2cccs2)CC1)N1CCCC1. The molecule has 2 aliphatic rings. The molecule has 0 saturated carbocycles. The molecule has 3 rings (SSSR count). The van der Waals surface area contributed by atoms with E-state index in [1.165, 1.54) is 15.6 Å². The molecule has 0 atom stereocenters. The van der Waals surface area contributed by atoms with Gasteiger partial charge in [-0.25, -0.2) is 8.42 Å². The summed E-state index contributed by atoms with van der Waals surface area (Å²) < 4.78 is 26.8. The molecule has 0 radical (unpaired) electrons. The van der Waals surface area contributed by atoms with Crippen LogP contribution in [0.1, 0.15) is 25.7 Å². The van der Waals surface area contributed by atoms with Crippen LogP contribution >= 0.6 is 11.3 Å². The molecule has 2 saturated heterocycles. The molecule has 116 valence electrons. The number of hydrogen-bond donors (Lipinski definition) is 0. The summed E-state index contributed by atoms with van der Waals surface area (Å²) in [7, 11) is -3.36. The van der Waals surface area contributed by atoms with Crippen LogP contribution in [0, 0.1) is 5.92 Å². The van der Waals surface area contributed by atoms with Crippen LogP contribution in [-0.4, -0.2) is 49.7 Å². The number of likely N-dealkylation sites (tertiary alicyclic amines) is 1. The van der Waals surface area contributed by atoms with Gasteiger partial charge in [0.25, 0.3) is 10.0 Å². The Bertz CT molecular complexity index is 584. The van der Waals surface area contributed by atoms with Gasteiger partial charge in [-0.05, 0) is 37.1 Å². The van der Waals surface area contributed by atoms with E-state index in [0.29, 0.717) is 30.1 Å². The summed E-state index contributed by atoms with van der Waals surface area (Å²) in [5, 5.41) is 1.77. The first-order chi connectivity index (χ1) is 10.1. The molecule has 1 aromatic rings. The van der Waals surface area contributed by atoms with Crippen molar-refractivity contribution < 1.29 is 13.2 Å². The number of hydrogen-bond acceptors (Lipinski definition) is 4. The second-order valence-corrected chi connectivity index (χ2v) is 8.76. The van der Waals surface area contributed by atoms with Gasteiger partial charge in [0.1, 0.15) is 4.21 Å². The first-order valence-electron chi connectivity index (χ1n) is 7.41. The minimum absolute atomic E-state index is 0.00196. The molecule has 0 aromatic carbocycles. The van der Waals surface area contributed by atoms with Crippen molar-refractivity contribution in [2.24, 2.45) is 5.92 Å². The molecule has 1 aromatic heterocycles. The van der Waals surface area contributed by atoms with E-state index in [2.05, 4.69) is 0 Å². The Morgan fingerprint density at radius 1 is 1.14 bits per heavy atom. The zero-order valence-corrected chi connectivity index (χ0v) is 13.5. The van der Waals surface area contributed by atoms with Gasteiger partial charge in [-0.3, -0.25) is 4.79 Å². The summed E-state index contributed by atoms with van der Waals surface area (Å²) >= 11 is 1.25. The quantitative estimate of drug-likeness (QED) is 0.850. The minimum atomic E-state index is -3.36. The van der Waals surface area contributed by atoms with Crippen LogP contribution in [0.2, 0.25) is 0 Å². The number of thiophene rings is 1. The van der Waals surface area contributed by atoms with Crippen molar-refractivity contribution in [2.75, 3.05) is 26.2 Å². The van der Waals surface area contributed by atoms with Crippen molar-refractivity contribution in [3.8, 4) is 0 Å². The van der Waals surface area contributed by atoms with Gasteiger partial charge in [0.05, 0.1) is 0 Å². The van der Waals surface area contributed by atoms with E-state index in [4.69, 9.17) is 0 Å². The highest BCUT2D eigenvalue weighted by Crippen LogP contribution is 2.27. The molecular formula is C14H20N2O3S2. The third-order valence-corrected chi connectivity index (χ3v) is 7.58. The maximum absolute atomic E-state index is 12.4. The number of carbonyl (C=O) groups is 1. The Morgan fingerprint density at radius 3 is 2.38 bits per heavy atom. The minimum Gasteiger partial charge on any atom is -0.342 e. The van der Waals surface area contributed by atoms with E-state index >= 15 is 0 Å². The van der Waals surface area contributed by atoms with Crippen LogP contribution in [0.3, 0.4) is 0 Å². The number of sulfonamides is 1. The highest BCUT2D eigenvalue weighted by molar-refractivity contribution is 7.91. The maximum Gasteiger partial charge on any atom is 0.252 e. The lowest BCUT2D eigenvalue weighted by Crippen LogP contribution is -2.43. The van der Waals surface area contributed by atoms with Gasteiger partial charge in [0.2, 0.25) is 5.91 Å². The molecule has 0 bridgehead atoms. The van der Waals surface area contributed by atoms with Crippen LogP contribution in [-0.2, 0) is 14.8 Å². The summed E-state index contributed by atoms with van der Waals surface area (Å²) in [4.78, 5) is 14.3. The van der Waals surface area contributed by atoms with Crippen LogP contribution in [0.25, 0.3) is 0 Å². The van der Waals surface area contributed by atoms with Gasteiger partial charge in [0, 0.05) is 32.1 Å². The van der Waals surface area contributed by atoms with Gasteiger partial charge in [-0.1, -0.05) is 6.07 Å². The highest BCUT2D eigenvalue weighted by atomic mass is 32.2. The fourth-order valence-corrected chi connectivity index (χ4v) is 5.69. The lowest BCUT2D eigenvalue weighted by molar-refractivity contribution is -0.135. The first-order valence-corrected chi connectivity index (χ1v) is 9.73. The van der Waals surface area contributed by atoms with Crippen LogP contribution < -0.4 is 0 Å². The summed E-state index contributed by atoms with van der Waals surface area (Å²) in [6.07, 6.45) is 3.47. The monoisotopic (exact) mass is 328 g/mol. The predicted molar refractivity (Wildman–Crippen MR) is 81.6 cm³/mol. The Labute approximate surface area is 129 Å². The highest BCUT2D eigenvalue weighted by Gasteiger charge is 2.34. The van der Waals surface area contributed by atoms with E-state index in [9.17, 15) is 13.2 Å². The predicted octanol–water partition coefficient (Wildman–Crippen LogP) is 1.77. The maximum atomic E-state index is 12.4. The van der Waals surface area contributed by atoms with E-state index in [1.807, 2.05) is 4.90 Å². The summed E-state index contributed by atoms with van der Waals surface area (Å²) in [5.74, 6) is 0.221. The molecule has 5 nitrogen and oxygen atoms in total. The molecule has 7 heteroatoms. The molecule has 3 heterocycles. The van der Waals surface area contributed by atoms with E-state index in [0.717, 1.165) is 25.9 Å². The van der Waals surface area contributed by atoms with Crippen molar-refractivity contribution in [2.45, 2.75) is 29.9 Å². The van der Waals surface area contributed by atoms with Gasteiger partial charge < -0.3 is 4.90 Å². The Kier molecular flexibility index (Phi) is 4.33. The molecule has 0 unspecified atom stereocenters. The summed E-state index contributed by atoms with van der Waals surface area (Å²) in [5.41, 5.74) is 0. The average Bonchev–Trinajstić information content (AvgIpc) is 3.19. The molecule has 2 aliphatic heterocycles. The van der Waals surface area contributed by atoms with Crippen LogP contribution in [0.5, 0.6) is 0 Å². The van der Waals surface area contributed by atoms with E-state index < -0.39 is 10.0 Å². The van der Waals surface area contributed by atoms with Crippen molar-refractivity contribution in [3.05, 3.63) is 17.5 Å². The van der Waals surface area contributed by atoms with Gasteiger partial charge in [-0.15, -0.1) is 11.3 Å². The molecule has 2 fully saturated rings. The average molecular weight is 328 g/mol. The standard InChI is InChI=1S/C14H20N2O3S2/c17-14(15-7-1-2-8-15)12-5-9-16(10-6-12)21(18,19)13-4-3-11-20-13/h3-4,11-12H,1-2,5-10H2. The van der Waals surface area contributed by atoms with Crippen molar-refractivity contribution in [3.63, 3.8) is 0 Å². The smallest absolute Gasteiger partial charge is 0.252 e. The molecule has 1 amide bonds. The topological polar surface area (TPSA) is 57.7 Å². The fourth-order valence-electron chi connectivity index (χ4n) is 3.08. The van der Waals surface area contributed by atoms with Gasteiger partial charge in [0.15, 0.2) is 0 Å². The molecular weight excluding hydrogens is 308 g/mol. The van der Waals surface area contributed by atoms with Gasteiger partial charge >= 0.3 is 0 Å². The molecule has 21 heavy (non-hydrogen) atoms. The zero-order chi connectivity index (χ0) is 14.9. The lowest BCUT2D eigenvalue weighted by Gasteiger charge is -2.32. The Balaban J connectivity index is 1.61. The number of piperidine rings is 1.